The van der Waals surface area contributed by atoms with Gasteiger partial charge in [-0.25, -0.2) is 5.48 Å². The molecule has 2 aromatic carbocycles. The number of carbonyl (C=O) groups excluding carboxylic acids is 1. The maximum Gasteiger partial charge on any atom is 0.276 e. The molecule has 0 aliphatic carbocycles. The van der Waals surface area contributed by atoms with E-state index in [0.29, 0.717) is 27.0 Å². The highest BCUT2D eigenvalue weighted by atomic mass is 35.5. The zero-order chi connectivity index (χ0) is 13.8. The molecule has 0 heterocycles. The number of anilines is 2. The number of rotatable bonds is 3. The van der Waals surface area contributed by atoms with Crippen molar-refractivity contribution in [3.8, 4) is 0 Å². The second kappa shape index (κ2) is 5.93. The Morgan fingerprint density at radius 1 is 1.00 bits per heavy atom. The summed E-state index contributed by atoms with van der Waals surface area (Å²) in [5.74, 6) is -0.610. The van der Waals surface area contributed by atoms with Crippen molar-refractivity contribution in [2.45, 2.75) is 0 Å². The first-order chi connectivity index (χ1) is 9.13. The monoisotopic (exact) mass is 296 g/mol. The number of benzene rings is 2. The van der Waals surface area contributed by atoms with Crippen LogP contribution in [0.2, 0.25) is 10.0 Å². The summed E-state index contributed by atoms with van der Waals surface area (Å²) in [6.45, 7) is 0. The summed E-state index contributed by atoms with van der Waals surface area (Å²) in [5, 5.41) is 12.5. The lowest BCUT2D eigenvalue weighted by atomic mass is 10.1. The summed E-state index contributed by atoms with van der Waals surface area (Å²) < 4.78 is 0. The van der Waals surface area contributed by atoms with Gasteiger partial charge >= 0.3 is 0 Å². The molecule has 0 bridgehead atoms. The molecule has 2 aromatic rings. The van der Waals surface area contributed by atoms with Gasteiger partial charge in [-0.2, -0.15) is 0 Å². The molecule has 3 N–H and O–H groups in total. The molecule has 98 valence electrons. The lowest BCUT2D eigenvalue weighted by molar-refractivity contribution is 0.0707. The predicted octanol–water partition coefficient (Wildman–Crippen LogP) is 3.86. The van der Waals surface area contributed by atoms with Crippen LogP contribution >= 0.6 is 23.2 Å². The normalized spacial score (nSPS) is 10.1. The first-order valence-electron chi connectivity index (χ1n) is 5.38. The summed E-state index contributed by atoms with van der Waals surface area (Å²) in [6.07, 6.45) is 0. The van der Waals surface area contributed by atoms with Crippen molar-refractivity contribution in [3.05, 3.63) is 58.1 Å². The quantitative estimate of drug-likeness (QED) is 0.595. The largest absolute Gasteiger partial charge is 0.354 e. The Hall–Kier alpha value is -1.75. The van der Waals surface area contributed by atoms with E-state index in [1.54, 1.807) is 47.9 Å². The maximum absolute atomic E-state index is 11.5. The van der Waals surface area contributed by atoms with E-state index in [-0.39, 0.29) is 0 Å². The molecule has 0 spiro atoms. The standard InChI is InChI=1S/C13H10Cl2N2O2/c14-9-5-3-7-11(12(9)15)16-10-6-2-1-4-8(10)13(18)17-19/h1-7,16,19H,(H,17,18). The molecule has 0 saturated carbocycles. The zero-order valence-corrected chi connectivity index (χ0v) is 11.2. The van der Waals surface area contributed by atoms with Crippen molar-refractivity contribution in [1.29, 1.82) is 0 Å². The minimum absolute atomic E-state index is 0.293. The summed E-state index contributed by atoms with van der Waals surface area (Å²) in [5.41, 5.74) is 2.98. The van der Waals surface area contributed by atoms with Crippen LogP contribution in [0.3, 0.4) is 0 Å². The molecule has 0 aromatic heterocycles. The highest BCUT2D eigenvalue weighted by Crippen LogP contribution is 2.32. The summed E-state index contributed by atoms with van der Waals surface area (Å²) >= 11 is 12.0. The van der Waals surface area contributed by atoms with E-state index < -0.39 is 5.91 Å². The summed E-state index contributed by atoms with van der Waals surface area (Å²) in [7, 11) is 0. The van der Waals surface area contributed by atoms with E-state index in [2.05, 4.69) is 5.32 Å². The molecule has 0 aliphatic rings. The van der Waals surface area contributed by atoms with Crippen LogP contribution < -0.4 is 10.8 Å². The van der Waals surface area contributed by atoms with Gasteiger partial charge in [-0.1, -0.05) is 41.4 Å². The van der Waals surface area contributed by atoms with E-state index in [1.807, 2.05) is 0 Å². The second-order valence-electron chi connectivity index (χ2n) is 3.71. The lowest BCUT2D eigenvalue weighted by Gasteiger charge is -2.12. The Morgan fingerprint density at radius 3 is 2.42 bits per heavy atom. The number of para-hydroxylation sites is 1. The maximum atomic E-state index is 11.5. The van der Waals surface area contributed by atoms with Gasteiger partial charge in [0.05, 0.1) is 27.0 Å². The van der Waals surface area contributed by atoms with Gasteiger partial charge in [0.25, 0.3) is 5.91 Å². The number of carbonyl (C=O) groups is 1. The lowest BCUT2D eigenvalue weighted by Crippen LogP contribution is -2.19. The highest BCUT2D eigenvalue weighted by molar-refractivity contribution is 6.43. The Balaban J connectivity index is 2.39. The number of nitrogens with one attached hydrogen (secondary N) is 2. The zero-order valence-electron chi connectivity index (χ0n) is 9.65. The van der Waals surface area contributed by atoms with E-state index in [0.717, 1.165) is 0 Å². The van der Waals surface area contributed by atoms with Crippen molar-refractivity contribution in [1.82, 2.24) is 5.48 Å². The van der Waals surface area contributed by atoms with E-state index in [9.17, 15) is 4.79 Å². The van der Waals surface area contributed by atoms with Crippen LogP contribution in [0.4, 0.5) is 11.4 Å². The first-order valence-corrected chi connectivity index (χ1v) is 6.13. The third-order valence-corrected chi connectivity index (χ3v) is 3.31. The average molecular weight is 297 g/mol. The van der Waals surface area contributed by atoms with Crippen molar-refractivity contribution < 1.29 is 10.0 Å². The van der Waals surface area contributed by atoms with Crippen LogP contribution in [-0.4, -0.2) is 11.1 Å². The van der Waals surface area contributed by atoms with Crippen LogP contribution in [0.25, 0.3) is 0 Å². The van der Waals surface area contributed by atoms with Gasteiger partial charge in [0.1, 0.15) is 0 Å². The van der Waals surface area contributed by atoms with E-state index >= 15 is 0 Å². The molecule has 1 amide bonds. The number of hydrogen-bond donors (Lipinski definition) is 3. The highest BCUT2D eigenvalue weighted by Gasteiger charge is 2.11. The number of amides is 1. The molecule has 0 saturated heterocycles. The topological polar surface area (TPSA) is 61.4 Å². The molecule has 0 fully saturated rings. The fourth-order valence-corrected chi connectivity index (χ4v) is 1.94. The SMILES string of the molecule is O=C(NO)c1ccccc1Nc1cccc(Cl)c1Cl. The molecular formula is C13H10Cl2N2O2. The molecule has 19 heavy (non-hydrogen) atoms. The van der Waals surface area contributed by atoms with Gasteiger partial charge < -0.3 is 5.32 Å². The molecular weight excluding hydrogens is 287 g/mol. The van der Waals surface area contributed by atoms with Crippen LogP contribution in [0.15, 0.2) is 42.5 Å². The smallest absolute Gasteiger partial charge is 0.276 e. The number of hydrogen-bond acceptors (Lipinski definition) is 3. The Labute approximate surface area is 119 Å². The summed E-state index contributed by atoms with van der Waals surface area (Å²) in [4.78, 5) is 11.5. The third kappa shape index (κ3) is 2.98. The number of hydroxylamine groups is 1. The van der Waals surface area contributed by atoms with Crippen LogP contribution in [-0.2, 0) is 0 Å². The van der Waals surface area contributed by atoms with Gasteiger partial charge in [0, 0.05) is 0 Å². The Morgan fingerprint density at radius 2 is 1.68 bits per heavy atom. The molecule has 2 rings (SSSR count). The van der Waals surface area contributed by atoms with Crippen LogP contribution in [0, 0.1) is 0 Å². The third-order valence-electron chi connectivity index (χ3n) is 2.49. The van der Waals surface area contributed by atoms with Crippen molar-refractivity contribution in [3.63, 3.8) is 0 Å². The fraction of sp³-hybridized carbons (Fsp3) is 0. The molecule has 6 heteroatoms. The minimum atomic E-state index is -0.610. The van der Waals surface area contributed by atoms with Crippen molar-refractivity contribution >= 4 is 40.5 Å². The van der Waals surface area contributed by atoms with Crippen LogP contribution in [0.1, 0.15) is 10.4 Å². The Kier molecular flexibility index (Phi) is 4.27. The molecule has 0 unspecified atom stereocenters. The van der Waals surface area contributed by atoms with E-state index in [1.165, 1.54) is 0 Å². The Bertz CT molecular complexity index is 617. The minimum Gasteiger partial charge on any atom is -0.354 e. The molecule has 0 aliphatic heterocycles. The van der Waals surface area contributed by atoms with Crippen molar-refractivity contribution in [2.24, 2.45) is 0 Å². The second-order valence-corrected chi connectivity index (χ2v) is 4.50. The predicted molar refractivity (Wildman–Crippen MR) is 75.4 cm³/mol. The van der Waals surface area contributed by atoms with Crippen molar-refractivity contribution in [2.75, 3.05) is 5.32 Å². The molecule has 0 radical (unpaired) electrons. The van der Waals surface area contributed by atoms with Gasteiger partial charge in [-0.3, -0.25) is 10.0 Å². The van der Waals surface area contributed by atoms with Crippen LogP contribution in [0.5, 0.6) is 0 Å². The van der Waals surface area contributed by atoms with Gasteiger partial charge in [-0.05, 0) is 24.3 Å². The van der Waals surface area contributed by atoms with E-state index in [4.69, 9.17) is 28.4 Å². The average Bonchev–Trinajstić information content (AvgIpc) is 2.43. The van der Waals surface area contributed by atoms with Gasteiger partial charge in [0.15, 0.2) is 0 Å². The fourth-order valence-electron chi connectivity index (χ4n) is 1.60. The molecule has 0 atom stereocenters. The summed E-state index contributed by atoms with van der Waals surface area (Å²) in [6, 6.07) is 11.9. The first kappa shape index (κ1) is 13.7. The molecule has 4 nitrogen and oxygen atoms in total. The number of halogens is 2. The van der Waals surface area contributed by atoms with Gasteiger partial charge in [0.2, 0.25) is 0 Å². The van der Waals surface area contributed by atoms with Gasteiger partial charge in [-0.15, -0.1) is 0 Å².